The van der Waals surface area contributed by atoms with Crippen LogP contribution in [0.5, 0.6) is 0 Å². The Hall–Kier alpha value is -2.01. The zero-order chi connectivity index (χ0) is 14.5. The molecule has 0 aliphatic heterocycles. The van der Waals surface area contributed by atoms with Gasteiger partial charge >= 0.3 is 5.97 Å². The minimum absolute atomic E-state index is 0.0881. The van der Waals surface area contributed by atoms with Gasteiger partial charge in [0, 0.05) is 23.5 Å². The van der Waals surface area contributed by atoms with Crippen LogP contribution in [-0.4, -0.2) is 27.2 Å². The molecule has 0 atom stereocenters. The summed E-state index contributed by atoms with van der Waals surface area (Å²) < 4.78 is 1.99. The first-order valence-corrected chi connectivity index (χ1v) is 6.69. The molecule has 1 aromatic heterocycles. The number of aryl methyl sites for hydroxylation is 1. The van der Waals surface area contributed by atoms with Gasteiger partial charge in [0.05, 0.1) is 18.6 Å². The van der Waals surface area contributed by atoms with Crippen molar-refractivity contribution in [2.75, 3.05) is 11.4 Å². The maximum atomic E-state index is 11.1. The van der Waals surface area contributed by atoms with E-state index in [1.54, 1.807) is 29.6 Å². The van der Waals surface area contributed by atoms with Gasteiger partial charge in [0.2, 0.25) is 0 Å². The van der Waals surface area contributed by atoms with Crippen LogP contribution in [0.4, 0.5) is 5.69 Å². The number of carboxylic acids is 1. The standard InChI is InChI=1S/C14H16ClN3O2/c1-2-17-10-16-7-13(17)8-18(9-14(19)20)12-5-3-4-11(15)6-12/h3-7,10H,2,8-9H2,1H3,(H,19,20). The topological polar surface area (TPSA) is 58.4 Å². The fraction of sp³-hybridized carbons (Fsp3) is 0.286. The predicted octanol–water partition coefficient (Wildman–Crippen LogP) is 2.65. The van der Waals surface area contributed by atoms with Gasteiger partial charge in [0.15, 0.2) is 0 Å². The van der Waals surface area contributed by atoms with Gasteiger partial charge in [-0.2, -0.15) is 0 Å². The van der Waals surface area contributed by atoms with Gasteiger partial charge in [-0.15, -0.1) is 0 Å². The second kappa shape index (κ2) is 6.43. The number of hydrogen-bond donors (Lipinski definition) is 1. The fourth-order valence-corrected chi connectivity index (χ4v) is 2.22. The van der Waals surface area contributed by atoms with Gasteiger partial charge in [-0.25, -0.2) is 4.98 Å². The molecule has 5 nitrogen and oxygen atoms in total. The largest absolute Gasteiger partial charge is 0.480 e. The smallest absolute Gasteiger partial charge is 0.323 e. The number of aliphatic carboxylic acids is 1. The van der Waals surface area contributed by atoms with Crippen LogP contribution in [0.2, 0.25) is 5.02 Å². The van der Waals surface area contributed by atoms with Gasteiger partial charge in [-0.1, -0.05) is 17.7 Å². The van der Waals surface area contributed by atoms with Crippen molar-refractivity contribution in [2.45, 2.75) is 20.0 Å². The van der Waals surface area contributed by atoms with Crippen molar-refractivity contribution in [1.29, 1.82) is 0 Å². The molecule has 1 N–H and O–H groups in total. The summed E-state index contributed by atoms with van der Waals surface area (Å²) in [7, 11) is 0. The van der Waals surface area contributed by atoms with Crippen molar-refractivity contribution in [3.8, 4) is 0 Å². The minimum atomic E-state index is -0.882. The van der Waals surface area contributed by atoms with E-state index in [1.165, 1.54) is 0 Å². The maximum absolute atomic E-state index is 11.1. The maximum Gasteiger partial charge on any atom is 0.323 e. The second-order valence-electron chi connectivity index (χ2n) is 4.40. The number of benzene rings is 1. The molecule has 0 saturated heterocycles. The zero-order valence-electron chi connectivity index (χ0n) is 11.2. The number of halogens is 1. The molecule has 0 amide bonds. The predicted molar refractivity (Wildman–Crippen MR) is 78.0 cm³/mol. The highest BCUT2D eigenvalue weighted by atomic mass is 35.5. The molecule has 0 radical (unpaired) electrons. The number of rotatable bonds is 6. The summed E-state index contributed by atoms with van der Waals surface area (Å²) in [6.45, 7) is 3.20. The van der Waals surface area contributed by atoms with E-state index >= 15 is 0 Å². The van der Waals surface area contributed by atoms with Gasteiger partial charge in [0.1, 0.15) is 6.54 Å². The van der Waals surface area contributed by atoms with Gasteiger partial charge in [-0.3, -0.25) is 4.79 Å². The molecule has 1 aromatic carbocycles. The Morgan fingerprint density at radius 2 is 2.30 bits per heavy atom. The quantitative estimate of drug-likeness (QED) is 0.889. The molecule has 0 fully saturated rings. The molecule has 0 aliphatic rings. The van der Waals surface area contributed by atoms with Crippen LogP contribution in [0, 0.1) is 0 Å². The lowest BCUT2D eigenvalue weighted by molar-refractivity contribution is -0.135. The normalized spacial score (nSPS) is 10.5. The summed E-state index contributed by atoms with van der Waals surface area (Å²) in [4.78, 5) is 16.9. The third-order valence-electron chi connectivity index (χ3n) is 2.99. The molecule has 1 heterocycles. The molecule has 0 aliphatic carbocycles. The molecule has 106 valence electrons. The first-order valence-electron chi connectivity index (χ1n) is 6.31. The molecule has 0 unspecified atom stereocenters. The van der Waals surface area contributed by atoms with E-state index in [-0.39, 0.29) is 6.54 Å². The molecular formula is C14H16ClN3O2. The van der Waals surface area contributed by atoms with Crippen LogP contribution >= 0.6 is 11.6 Å². The summed E-state index contributed by atoms with van der Waals surface area (Å²) in [5.74, 6) is -0.882. The number of carbonyl (C=O) groups is 1. The Bertz CT molecular complexity index is 598. The Balaban J connectivity index is 2.26. The van der Waals surface area contributed by atoms with Crippen molar-refractivity contribution in [1.82, 2.24) is 9.55 Å². The SMILES string of the molecule is CCn1cncc1CN(CC(=O)O)c1cccc(Cl)c1. The summed E-state index contributed by atoms with van der Waals surface area (Å²) in [5.41, 5.74) is 1.75. The van der Waals surface area contributed by atoms with Gasteiger partial charge in [0.25, 0.3) is 0 Å². The summed E-state index contributed by atoms with van der Waals surface area (Å²) in [6.07, 6.45) is 3.50. The highest BCUT2D eigenvalue weighted by molar-refractivity contribution is 6.30. The third-order valence-corrected chi connectivity index (χ3v) is 3.23. The van der Waals surface area contributed by atoms with Gasteiger partial charge in [-0.05, 0) is 25.1 Å². The lowest BCUT2D eigenvalue weighted by Crippen LogP contribution is -2.30. The monoisotopic (exact) mass is 293 g/mol. The van der Waals surface area contributed by atoms with Gasteiger partial charge < -0.3 is 14.6 Å². The number of carboxylic acid groups (broad SMARTS) is 1. The molecule has 6 heteroatoms. The van der Waals surface area contributed by atoms with Crippen molar-refractivity contribution in [3.05, 3.63) is 47.5 Å². The number of imidazole rings is 1. The highest BCUT2D eigenvalue weighted by Gasteiger charge is 2.13. The lowest BCUT2D eigenvalue weighted by atomic mass is 10.2. The average molecular weight is 294 g/mol. The van der Waals surface area contributed by atoms with E-state index in [0.717, 1.165) is 17.9 Å². The van der Waals surface area contributed by atoms with Crippen LogP contribution in [0.3, 0.4) is 0 Å². The Kier molecular flexibility index (Phi) is 4.63. The van der Waals surface area contributed by atoms with E-state index in [4.69, 9.17) is 16.7 Å². The van der Waals surface area contributed by atoms with Crippen LogP contribution in [-0.2, 0) is 17.9 Å². The van der Waals surface area contributed by atoms with Crippen molar-refractivity contribution in [2.24, 2.45) is 0 Å². The Morgan fingerprint density at radius 3 is 2.95 bits per heavy atom. The van der Waals surface area contributed by atoms with E-state index in [1.807, 2.05) is 23.6 Å². The molecule has 20 heavy (non-hydrogen) atoms. The number of hydrogen-bond acceptors (Lipinski definition) is 3. The summed E-state index contributed by atoms with van der Waals surface area (Å²) in [5, 5.41) is 9.66. The minimum Gasteiger partial charge on any atom is -0.480 e. The molecular weight excluding hydrogens is 278 g/mol. The Morgan fingerprint density at radius 1 is 1.50 bits per heavy atom. The van der Waals surface area contributed by atoms with E-state index in [0.29, 0.717) is 11.6 Å². The first-order chi connectivity index (χ1) is 9.60. The molecule has 0 spiro atoms. The summed E-state index contributed by atoms with van der Waals surface area (Å²) in [6, 6.07) is 7.18. The van der Waals surface area contributed by atoms with E-state index < -0.39 is 5.97 Å². The van der Waals surface area contributed by atoms with Crippen LogP contribution in [0.15, 0.2) is 36.8 Å². The third kappa shape index (κ3) is 3.51. The molecule has 2 rings (SSSR count). The number of nitrogens with zero attached hydrogens (tertiary/aromatic N) is 3. The summed E-state index contributed by atoms with van der Waals surface area (Å²) >= 11 is 5.97. The number of aromatic nitrogens is 2. The van der Waals surface area contributed by atoms with Crippen molar-refractivity contribution >= 4 is 23.3 Å². The molecule has 0 bridgehead atoms. The molecule has 0 saturated carbocycles. The highest BCUT2D eigenvalue weighted by Crippen LogP contribution is 2.21. The number of anilines is 1. The van der Waals surface area contributed by atoms with Crippen molar-refractivity contribution in [3.63, 3.8) is 0 Å². The fourth-order valence-electron chi connectivity index (χ4n) is 2.03. The Labute approximate surface area is 122 Å². The van der Waals surface area contributed by atoms with Crippen LogP contribution < -0.4 is 4.90 Å². The van der Waals surface area contributed by atoms with Crippen molar-refractivity contribution < 1.29 is 9.90 Å². The molecule has 2 aromatic rings. The average Bonchev–Trinajstić information content (AvgIpc) is 2.84. The van der Waals surface area contributed by atoms with Crippen LogP contribution in [0.1, 0.15) is 12.6 Å². The zero-order valence-corrected chi connectivity index (χ0v) is 11.9. The first kappa shape index (κ1) is 14.4. The van der Waals surface area contributed by atoms with E-state index in [2.05, 4.69) is 4.98 Å². The lowest BCUT2D eigenvalue weighted by Gasteiger charge is -2.23. The van der Waals surface area contributed by atoms with Crippen LogP contribution in [0.25, 0.3) is 0 Å². The van der Waals surface area contributed by atoms with E-state index in [9.17, 15) is 4.79 Å². The second-order valence-corrected chi connectivity index (χ2v) is 4.84.